The van der Waals surface area contributed by atoms with Crippen molar-refractivity contribution in [1.29, 1.82) is 0 Å². The van der Waals surface area contributed by atoms with Gasteiger partial charge in [-0.1, -0.05) is 12.1 Å². The van der Waals surface area contributed by atoms with Gasteiger partial charge in [-0.2, -0.15) is 0 Å². The highest BCUT2D eigenvalue weighted by molar-refractivity contribution is 5.95. The first kappa shape index (κ1) is 10.8. The first-order valence-electron chi connectivity index (χ1n) is 6.26. The summed E-state index contributed by atoms with van der Waals surface area (Å²) in [5.74, 6) is 0.785. The third kappa shape index (κ3) is 1.75. The van der Waals surface area contributed by atoms with Gasteiger partial charge in [0.15, 0.2) is 0 Å². The maximum Gasteiger partial charge on any atom is 0.216 e. The Bertz CT molecular complexity index is 461. The maximum absolute atomic E-state index is 6.11. The molecule has 3 nitrogen and oxygen atoms in total. The Kier molecular flexibility index (Phi) is 2.44. The molecule has 1 unspecified atom stereocenters. The Morgan fingerprint density at radius 1 is 1.41 bits per heavy atom. The van der Waals surface area contributed by atoms with Crippen LogP contribution in [0.2, 0.25) is 0 Å². The molecule has 90 valence electrons. The van der Waals surface area contributed by atoms with Crippen molar-refractivity contribution in [2.24, 2.45) is 10.7 Å². The molecule has 1 atom stereocenters. The van der Waals surface area contributed by atoms with Crippen LogP contribution in [0, 0.1) is 0 Å². The molecule has 0 saturated heterocycles. The lowest BCUT2D eigenvalue weighted by molar-refractivity contribution is 0.348. The van der Waals surface area contributed by atoms with Gasteiger partial charge < -0.3 is 10.5 Å². The van der Waals surface area contributed by atoms with Gasteiger partial charge in [0.05, 0.1) is 6.54 Å². The fraction of sp³-hybridized carbons (Fsp3) is 0.500. The Labute approximate surface area is 102 Å². The minimum absolute atomic E-state index is 0.204. The lowest BCUT2D eigenvalue weighted by Gasteiger charge is -2.20. The highest BCUT2D eigenvalue weighted by Crippen LogP contribution is 2.50. The van der Waals surface area contributed by atoms with Gasteiger partial charge in [-0.25, -0.2) is 4.99 Å². The van der Waals surface area contributed by atoms with E-state index in [9.17, 15) is 0 Å². The second-order valence-electron chi connectivity index (χ2n) is 5.06. The average Bonchev–Trinajstić information content (AvgIpc) is 2.98. The second-order valence-corrected chi connectivity index (χ2v) is 5.06. The highest BCUT2D eigenvalue weighted by Gasteiger charge is 2.47. The van der Waals surface area contributed by atoms with Crippen molar-refractivity contribution in [2.45, 2.75) is 31.2 Å². The van der Waals surface area contributed by atoms with Crippen LogP contribution in [0.1, 0.15) is 30.9 Å². The molecule has 17 heavy (non-hydrogen) atoms. The van der Waals surface area contributed by atoms with Crippen molar-refractivity contribution >= 4 is 5.90 Å². The molecule has 0 aromatic heterocycles. The molecule has 1 fully saturated rings. The lowest BCUT2D eigenvalue weighted by atomic mass is 9.88. The molecule has 3 rings (SSSR count). The molecule has 2 N–H and O–H groups in total. The molecule has 1 saturated carbocycles. The minimum atomic E-state index is 0.204. The van der Waals surface area contributed by atoms with Gasteiger partial charge >= 0.3 is 0 Å². The number of aliphatic imine (C=N–C) groups is 1. The summed E-state index contributed by atoms with van der Waals surface area (Å²) in [6.45, 7) is 3.58. The van der Waals surface area contributed by atoms with E-state index in [1.165, 1.54) is 18.4 Å². The maximum atomic E-state index is 6.11. The molecule has 0 amide bonds. The van der Waals surface area contributed by atoms with E-state index in [0.29, 0.717) is 6.61 Å². The van der Waals surface area contributed by atoms with Crippen LogP contribution >= 0.6 is 0 Å². The molecule has 1 heterocycles. The Hall–Kier alpha value is -1.35. The van der Waals surface area contributed by atoms with E-state index in [1.54, 1.807) is 0 Å². The molecule has 0 radical (unpaired) electrons. The fourth-order valence-electron chi connectivity index (χ4n) is 2.61. The Morgan fingerprint density at radius 2 is 2.24 bits per heavy atom. The van der Waals surface area contributed by atoms with Gasteiger partial charge in [0.25, 0.3) is 0 Å². The minimum Gasteiger partial charge on any atom is -0.476 e. The van der Waals surface area contributed by atoms with Gasteiger partial charge in [-0.15, -0.1) is 0 Å². The summed E-state index contributed by atoms with van der Waals surface area (Å²) in [5, 5.41) is 0. The van der Waals surface area contributed by atoms with Crippen LogP contribution in [0.4, 0.5) is 0 Å². The van der Waals surface area contributed by atoms with Crippen LogP contribution in [-0.4, -0.2) is 25.1 Å². The fourth-order valence-corrected chi connectivity index (χ4v) is 2.61. The normalized spacial score (nSPS) is 22.8. The van der Waals surface area contributed by atoms with E-state index in [4.69, 9.17) is 10.5 Å². The molecule has 1 aromatic rings. The predicted molar refractivity (Wildman–Crippen MR) is 68.4 cm³/mol. The summed E-state index contributed by atoms with van der Waals surface area (Å²) in [4.78, 5) is 4.36. The average molecular weight is 230 g/mol. The SMILES string of the molecule is CC(N)C1(c2cccc(C3=NCCO3)c2)CC1. The monoisotopic (exact) mass is 230 g/mol. The summed E-state index contributed by atoms with van der Waals surface area (Å²) < 4.78 is 5.51. The third-order valence-corrected chi connectivity index (χ3v) is 3.93. The molecule has 2 aliphatic rings. The number of hydrogen-bond acceptors (Lipinski definition) is 3. The van der Waals surface area contributed by atoms with Gasteiger partial charge in [-0.3, -0.25) is 0 Å². The van der Waals surface area contributed by atoms with E-state index in [0.717, 1.165) is 18.0 Å². The van der Waals surface area contributed by atoms with Crippen LogP contribution in [-0.2, 0) is 10.2 Å². The molecule has 0 spiro atoms. The molecule has 3 heteroatoms. The summed E-state index contributed by atoms with van der Waals surface area (Å²) >= 11 is 0. The first-order chi connectivity index (χ1) is 8.22. The van der Waals surface area contributed by atoms with Crippen molar-refractivity contribution < 1.29 is 4.74 Å². The third-order valence-electron chi connectivity index (χ3n) is 3.93. The first-order valence-corrected chi connectivity index (χ1v) is 6.26. The second kappa shape index (κ2) is 3.84. The van der Waals surface area contributed by atoms with Gasteiger partial charge in [-0.05, 0) is 37.5 Å². The van der Waals surface area contributed by atoms with Gasteiger partial charge in [0.1, 0.15) is 6.61 Å². The van der Waals surface area contributed by atoms with E-state index in [1.807, 2.05) is 0 Å². The van der Waals surface area contributed by atoms with Crippen LogP contribution in [0.3, 0.4) is 0 Å². The number of ether oxygens (including phenoxy) is 1. The van der Waals surface area contributed by atoms with Crippen LogP contribution in [0.5, 0.6) is 0 Å². The number of benzene rings is 1. The topological polar surface area (TPSA) is 47.6 Å². The summed E-state index contributed by atoms with van der Waals surface area (Å²) in [6, 6.07) is 8.72. The van der Waals surface area contributed by atoms with Crippen molar-refractivity contribution in [1.82, 2.24) is 0 Å². The van der Waals surface area contributed by atoms with Crippen molar-refractivity contribution in [2.75, 3.05) is 13.2 Å². The van der Waals surface area contributed by atoms with Crippen molar-refractivity contribution in [3.63, 3.8) is 0 Å². The summed E-state index contributed by atoms with van der Waals surface area (Å²) in [5.41, 5.74) is 8.74. The molecule has 1 aromatic carbocycles. The summed E-state index contributed by atoms with van der Waals surface area (Å²) in [7, 11) is 0. The van der Waals surface area contributed by atoms with E-state index in [2.05, 4.69) is 36.2 Å². The van der Waals surface area contributed by atoms with Gasteiger partial charge in [0, 0.05) is 17.0 Å². The highest BCUT2D eigenvalue weighted by atomic mass is 16.5. The smallest absolute Gasteiger partial charge is 0.216 e. The molecule has 0 bridgehead atoms. The van der Waals surface area contributed by atoms with E-state index >= 15 is 0 Å². The Morgan fingerprint density at radius 3 is 2.82 bits per heavy atom. The molecule has 1 aliphatic carbocycles. The number of nitrogens with two attached hydrogens (primary N) is 1. The van der Waals surface area contributed by atoms with Crippen molar-refractivity contribution in [3.05, 3.63) is 35.4 Å². The standard InChI is InChI=1S/C14H18N2O/c1-10(15)14(5-6-14)12-4-2-3-11(9-12)13-16-7-8-17-13/h2-4,9-10H,5-8,15H2,1H3. The Balaban J connectivity index is 1.94. The van der Waals surface area contributed by atoms with Crippen molar-refractivity contribution in [3.8, 4) is 0 Å². The largest absolute Gasteiger partial charge is 0.476 e. The summed E-state index contributed by atoms with van der Waals surface area (Å²) in [6.07, 6.45) is 2.39. The molecule has 1 aliphatic heterocycles. The van der Waals surface area contributed by atoms with Crippen LogP contribution in [0.25, 0.3) is 0 Å². The molecular weight excluding hydrogens is 212 g/mol. The molecular formula is C14H18N2O. The van der Waals surface area contributed by atoms with E-state index < -0.39 is 0 Å². The zero-order valence-electron chi connectivity index (χ0n) is 10.1. The quantitative estimate of drug-likeness (QED) is 0.861. The lowest BCUT2D eigenvalue weighted by Crippen LogP contribution is -2.31. The number of rotatable bonds is 3. The number of hydrogen-bond donors (Lipinski definition) is 1. The predicted octanol–water partition coefficient (Wildman–Crippen LogP) is 1.84. The van der Waals surface area contributed by atoms with Crippen LogP contribution < -0.4 is 5.73 Å². The van der Waals surface area contributed by atoms with Gasteiger partial charge in [0.2, 0.25) is 5.90 Å². The van der Waals surface area contributed by atoms with Crippen LogP contribution in [0.15, 0.2) is 29.3 Å². The van der Waals surface area contributed by atoms with E-state index in [-0.39, 0.29) is 11.5 Å². The zero-order chi connectivity index (χ0) is 11.9. The number of nitrogens with zero attached hydrogens (tertiary/aromatic N) is 1. The zero-order valence-corrected chi connectivity index (χ0v) is 10.1.